The van der Waals surface area contributed by atoms with Gasteiger partial charge in [-0.15, -0.1) is 11.3 Å². The van der Waals surface area contributed by atoms with Gasteiger partial charge in [-0.2, -0.15) is 10.4 Å². The van der Waals surface area contributed by atoms with E-state index in [0.29, 0.717) is 22.7 Å². The SMILES string of the molecule is N#CC1C(c2cccs2)=Nc2[nH]ncc2C1c1ccccc1[N+](=O)[O-]. The Morgan fingerprint density at radius 3 is 2.80 bits per heavy atom. The average molecular weight is 349 g/mol. The Morgan fingerprint density at radius 1 is 1.24 bits per heavy atom. The summed E-state index contributed by atoms with van der Waals surface area (Å²) in [5.41, 5.74) is 1.79. The van der Waals surface area contributed by atoms with Crippen LogP contribution in [0.15, 0.2) is 53.0 Å². The molecule has 0 amide bonds. The van der Waals surface area contributed by atoms with Crippen molar-refractivity contribution in [3.63, 3.8) is 0 Å². The number of para-hydroxylation sites is 1. The van der Waals surface area contributed by atoms with Crippen molar-refractivity contribution in [1.82, 2.24) is 10.2 Å². The Morgan fingerprint density at radius 2 is 2.08 bits per heavy atom. The quantitative estimate of drug-likeness (QED) is 0.573. The fourth-order valence-electron chi connectivity index (χ4n) is 3.17. The van der Waals surface area contributed by atoms with Crippen molar-refractivity contribution < 1.29 is 4.92 Å². The van der Waals surface area contributed by atoms with Crippen LogP contribution in [-0.2, 0) is 0 Å². The monoisotopic (exact) mass is 349 g/mol. The maximum atomic E-state index is 11.5. The van der Waals surface area contributed by atoms with Crippen LogP contribution in [-0.4, -0.2) is 20.8 Å². The number of aromatic amines is 1. The minimum absolute atomic E-state index is 0.00710. The van der Waals surface area contributed by atoms with E-state index >= 15 is 0 Å². The average Bonchev–Trinajstić information content (AvgIpc) is 3.31. The van der Waals surface area contributed by atoms with E-state index in [1.165, 1.54) is 17.4 Å². The molecule has 1 aromatic carbocycles. The third-order valence-corrected chi connectivity index (χ3v) is 5.12. The summed E-state index contributed by atoms with van der Waals surface area (Å²) < 4.78 is 0. The summed E-state index contributed by atoms with van der Waals surface area (Å²) in [7, 11) is 0. The number of aromatic nitrogens is 2. The second-order valence-electron chi connectivity index (χ2n) is 5.55. The van der Waals surface area contributed by atoms with E-state index in [1.807, 2.05) is 17.5 Å². The number of aliphatic imine (C=N–C) groups is 1. The molecular formula is C17H11N5O2S. The van der Waals surface area contributed by atoms with Crippen molar-refractivity contribution in [2.45, 2.75) is 5.92 Å². The lowest BCUT2D eigenvalue weighted by Gasteiger charge is -2.26. The van der Waals surface area contributed by atoms with Crippen molar-refractivity contribution in [3.8, 4) is 6.07 Å². The third kappa shape index (κ3) is 2.42. The van der Waals surface area contributed by atoms with E-state index in [9.17, 15) is 15.4 Å². The molecule has 8 heteroatoms. The molecule has 1 aliphatic heterocycles. The number of H-pyrrole nitrogens is 1. The number of nitrogens with one attached hydrogen (secondary N) is 1. The van der Waals surface area contributed by atoms with Crippen molar-refractivity contribution in [2.24, 2.45) is 10.9 Å². The number of nitrogens with zero attached hydrogens (tertiary/aromatic N) is 4. The first-order chi connectivity index (χ1) is 12.2. The molecule has 25 heavy (non-hydrogen) atoms. The Bertz CT molecular complexity index is 1020. The van der Waals surface area contributed by atoms with Gasteiger partial charge in [-0.3, -0.25) is 15.2 Å². The standard InChI is InChI=1S/C17H11N5O2S/c18-8-11-15(10-4-1-2-5-13(10)22(23)24)12-9-19-21-17(12)20-16(11)14-6-3-7-25-14/h1-7,9,11,15H,(H,19,21). The highest BCUT2D eigenvalue weighted by Gasteiger charge is 2.39. The Labute approximate surface area is 146 Å². The summed E-state index contributed by atoms with van der Waals surface area (Å²) in [6.45, 7) is 0. The smallest absolute Gasteiger partial charge is 0.261 e. The van der Waals surface area contributed by atoms with Crippen molar-refractivity contribution in [3.05, 3.63) is 74.1 Å². The lowest BCUT2D eigenvalue weighted by Crippen LogP contribution is -2.25. The van der Waals surface area contributed by atoms with Crippen molar-refractivity contribution in [2.75, 3.05) is 0 Å². The summed E-state index contributed by atoms with van der Waals surface area (Å²) in [4.78, 5) is 16.5. The molecule has 0 fully saturated rings. The molecule has 0 spiro atoms. The van der Waals surface area contributed by atoms with Gasteiger partial charge in [-0.1, -0.05) is 24.3 Å². The number of hydrogen-bond acceptors (Lipinski definition) is 6. The maximum absolute atomic E-state index is 11.5. The normalized spacial score (nSPS) is 18.9. The minimum Gasteiger partial charge on any atom is -0.261 e. The first kappa shape index (κ1) is 15.2. The third-order valence-electron chi connectivity index (χ3n) is 4.22. The summed E-state index contributed by atoms with van der Waals surface area (Å²) in [5, 5.41) is 30.1. The van der Waals surface area contributed by atoms with Crippen molar-refractivity contribution in [1.29, 1.82) is 5.26 Å². The van der Waals surface area contributed by atoms with Crippen molar-refractivity contribution >= 4 is 28.6 Å². The molecule has 4 rings (SSSR count). The number of thiophene rings is 1. The van der Waals surface area contributed by atoms with Gasteiger partial charge in [0.05, 0.1) is 22.9 Å². The van der Waals surface area contributed by atoms with Gasteiger partial charge in [0.25, 0.3) is 5.69 Å². The zero-order valence-corrected chi connectivity index (χ0v) is 13.6. The molecule has 122 valence electrons. The molecule has 2 aromatic heterocycles. The molecule has 0 bridgehead atoms. The molecule has 1 N–H and O–H groups in total. The van der Waals surface area contributed by atoms with Crippen LogP contribution in [0.3, 0.4) is 0 Å². The molecule has 3 heterocycles. The number of benzene rings is 1. The lowest BCUT2D eigenvalue weighted by atomic mass is 9.77. The molecule has 1 aliphatic rings. The number of fused-ring (bicyclic) bond motifs is 1. The summed E-state index contributed by atoms with van der Waals surface area (Å²) in [5.74, 6) is -0.599. The van der Waals surface area contributed by atoms with E-state index in [2.05, 4.69) is 21.3 Å². The second kappa shape index (κ2) is 5.96. The van der Waals surface area contributed by atoms with Gasteiger partial charge < -0.3 is 0 Å². The number of nitriles is 1. The van der Waals surface area contributed by atoms with E-state index in [-0.39, 0.29) is 5.69 Å². The van der Waals surface area contributed by atoms with E-state index < -0.39 is 16.8 Å². The molecule has 3 aromatic rings. The number of rotatable bonds is 3. The van der Waals surface area contributed by atoms with E-state index in [0.717, 1.165) is 4.88 Å². The first-order valence-electron chi connectivity index (χ1n) is 7.49. The highest BCUT2D eigenvalue weighted by Crippen LogP contribution is 2.45. The maximum Gasteiger partial charge on any atom is 0.273 e. The molecule has 0 saturated heterocycles. The summed E-state index contributed by atoms with van der Waals surface area (Å²) in [6, 6.07) is 12.6. The molecule has 0 aliphatic carbocycles. The predicted octanol–water partition coefficient (Wildman–Crippen LogP) is 3.79. The minimum atomic E-state index is -0.634. The fourth-order valence-corrected chi connectivity index (χ4v) is 3.92. The summed E-state index contributed by atoms with van der Waals surface area (Å²) in [6.07, 6.45) is 1.59. The van der Waals surface area contributed by atoms with Gasteiger partial charge >= 0.3 is 0 Å². The van der Waals surface area contributed by atoms with Crippen LogP contribution in [0.2, 0.25) is 0 Å². The van der Waals surface area contributed by atoms with E-state index in [4.69, 9.17) is 0 Å². The number of hydrogen-bond donors (Lipinski definition) is 1. The molecule has 7 nitrogen and oxygen atoms in total. The van der Waals surface area contributed by atoms with Crippen LogP contribution in [0.4, 0.5) is 11.5 Å². The lowest BCUT2D eigenvalue weighted by molar-refractivity contribution is -0.385. The number of nitro groups is 1. The molecule has 2 atom stereocenters. The zero-order valence-electron chi connectivity index (χ0n) is 12.8. The van der Waals surface area contributed by atoms with Gasteiger partial charge in [-0.25, -0.2) is 4.99 Å². The molecule has 0 radical (unpaired) electrons. The molecule has 2 unspecified atom stereocenters. The van der Waals surface area contributed by atoms with Gasteiger partial charge in [-0.05, 0) is 11.4 Å². The highest BCUT2D eigenvalue weighted by molar-refractivity contribution is 7.12. The van der Waals surface area contributed by atoms with E-state index in [1.54, 1.807) is 24.4 Å². The number of nitro benzene ring substituents is 1. The molecule has 0 saturated carbocycles. The molecular weight excluding hydrogens is 338 g/mol. The van der Waals surface area contributed by atoms with Crippen LogP contribution in [0.1, 0.15) is 21.9 Å². The van der Waals surface area contributed by atoms with Crippen LogP contribution < -0.4 is 0 Å². The van der Waals surface area contributed by atoms with Crippen LogP contribution in [0, 0.1) is 27.4 Å². The Kier molecular flexibility index (Phi) is 3.63. The van der Waals surface area contributed by atoms with Gasteiger partial charge in [0, 0.05) is 28.0 Å². The fraction of sp³-hybridized carbons (Fsp3) is 0.118. The summed E-state index contributed by atoms with van der Waals surface area (Å²) >= 11 is 1.48. The van der Waals surface area contributed by atoms with Crippen LogP contribution >= 0.6 is 11.3 Å². The predicted molar refractivity (Wildman–Crippen MR) is 93.1 cm³/mol. The second-order valence-corrected chi connectivity index (χ2v) is 6.50. The highest BCUT2D eigenvalue weighted by atomic mass is 32.1. The van der Waals surface area contributed by atoms with Gasteiger partial charge in [0.2, 0.25) is 0 Å². The Hall–Kier alpha value is -3.31. The van der Waals surface area contributed by atoms with Gasteiger partial charge in [0.15, 0.2) is 5.82 Å². The van der Waals surface area contributed by atoms with Crippen LogP contribution in [0.25, 0.3) is 0 Å². The Balaban J connectivity index is 1.95. The van der Waals surface area contributed by atoms with Crippen LogP contribution in [0.5, 0.6) is 0 Å². The topological polar surface area (TPSA) is 108 Å². The zero-order chi connectivity index (χ0) is 17.4. The van der Waals surface area contributed by atoms with Gasteiger partial charge in [0.1, 0.15) is 5.92 Å². The largest absolute Gasteiger partial charge is 0.273 e. The first-order valence-corrected chi connectivity index (χ1v) is 8.37.